The number of hydrogen-bond acceptors (Lipinski definition) is 3. The van der Waals surface area contributed by atoms with Crippen LogP contribution in [0.4, 0.5) is 5.82 Å². The van der Waals surface area contributed by atoms with E-state index in [1.54, 1.807) is 7.11 Å². The zero-order chi connectivity index (χ0) is 14.7. The molecule has 0 saturated heterocycles. The van der Waals surface area contributed by atoms with Crippen molar-refractivity contribution in [2.75, 3.05) is 24.4 Å². The molecule has 1 heterocycles. The summed E-state index contributed by atoms with van der Waals surface area (Å²) in [4.78, 5) is 7.05. The van der Waals surface area contributed by atoms with Gasteiger partial charge in [-0.1, -0.05) is 18.9 Å². The van der Waals surface area contributed by atoms with Gasteiger partial charge in [-0.15, -0.1) is 11.6 Å². The predicted octanol–water partition coefficient (Wildman–Crippen LogP) is 4.23. The second-order valence-corrected chi connectivity index (χ2v) is 5.92. The highest BCUT2D eigenvalue weighted by Gasteiger charge is 2.24. The molecule has 1 aromatic heterocycles. The first kappa shape index (κ1) is 14.5. The lowest BCUT2D eigenvalue weighted by molar-refractivity contribution is 0.415. The second kappa shape index (κ2) is 6.52. The van der Waals surface area contributed by atoms with Crippen molar-refractivity contribution in [2.24, 2.45) is 0 Å². The van der Waals surface area contributed by atoms with Gasteiger partial charge in [0.05, 0.1) is 7.11 Å². The van der Waals surface area contributed by atoms with Crippen molar-refractivity contribution >= 4 is 28.2 Å². The number of anilines is 1. The molecule has 1 aliphatic rings. The largest absolute Gasteiger partial charge is 0.497 e. The molecule has 0 aliphatic heterocycles. The number of hydrogen-bond donors (Lipinski definition) is 0. The Balaban J connectivity index is 2.07. The van der Waals surface area contributed by atoms with Crippen LogP contribution < -0.4 is 9.64 Å². The van der Waals surface area contributed by atoms with E-state index >= 15 is 0 Å². The van der Waals surface area contributed by atoms with E-state index in [-0.39, 0.29) is 0 Å². The fourth-order valence-corrected chi connectivity index (χ4v) is 3.44. The van der Waals surface area contributed by atoms with Crippen molar-refractivity contribution in [1.29, 1.82) is 0 Å². The van der Waals surface area contributed by atoms with Crippen LogP contribution in [0, 0.1) is 0 Å². The summed E-state index contributed by atoms with van der Waals surface area (Å²) in [5.74, 6) is 2.53. The number of methoxy groups -OCH3 is 1. The maximum absolute atomic E-state index is 6.04. The quantitative estimate of drug-likeness (QED) is 0.773. The number of alkyl halides is 1. The summed E-state index contributed by atoms with van der Waals surface area (Å²) in [6.45, 7) is 0.843. The highest BCUT2D eigenvalue weighted by Crippen LogP contribution is 2.33. The summed E-state index contributed by atoms with van der Waals surface area (Å²) in [6.07, 6.45) is 6.97. The van der Waals surface area contributed by atoms with Crippen LogP contribution in [0.1, 0.15) is 25.7 Å². The summed E-state index contributed by atoms with van der Waals surface area (Å²) in [7, 11) is 1.70. The molecule has 3 rings (SSSR count). The highest BCUT2D eigenvalue weighted by molar-refractivity contribution is 6.18. The summed E-state index contributed by atoms with van der Waals surface area (Å²) < 4.78 is 5.37. The Bertz CT molecular complexity index is 611. The number of rotatable bonds is 5. The average molecular weight is 305 g/mol. The average Bonchev–Trinajstić information content (AvgIpc) is 3.06. The number of benzene rings is 1. The zero-order valence-corrected chi connectivity index (χ0v) is 13.1. The topological polar surface area (TPSA) is 25.4 Å². The molecule has 1 aliphatic carbocycles. The SMILES string of the molecule is COc1ccc2ccnc(N(CCCl)C3CCCC3)c2c1. The van der Waals surface area contributed by atoms with Crippen LogP contribution >= 0.6 is 11.6 Å². The summed E-state index contributed by atoms with van der Waals surface area (Å²) >= 11 is 6.04. The second-order valence-electron chi connectivity index (χ2n) is 5.54. The number of pyridine rings is 1. The minimum absolute atomic E-state index is 0.563. The van der Waals surface area contributed by atoms with Gasteiger partial charge in [-0.25, -0.2) is 4.98 Å². The van der Waals surface area contributed by atoms with Gasteiger partial charge in [0, 0.05) is 30.0 Å². The van der Waals surface area contributed by atoms with E-state index in [1.165, 1.54) is 31.1 Å². The van der Waals surface area contributed by atoms with E-state index in [0.29, 0.717) is 11.9 Å². The summed E-state index contributed by atoms with van der Waals surface area (Å²) in [5.41, 5.74) is 0. The molecule has 0 amide bonds. The van der Waals surface area contributed by atoms with Crippen molar-refractivity contribution in [1.82, 2.24) is 4.98 Å². The monoisotopic (exact) mass is 304 g/mol. The van der Waals surface area contributed by atoms with Gasteiger partial charge in [0.2, 0.25) is 0 Å². The fraction of sp³-hybridized carbons (Fsp3) is 0.471. The van der Waals surface area contributed by atoms with E-state index < -0.39 is 0 Å². The molecule has 4 heteroatoms. The van der Waals surface area contributed by atoms with Crippen LogP contribution in [0.25, 0.3) is 10.8 Å². The minimum atomic E-state index is 0.563. The van der Waals surface area contributed by atoms with Crippen molar-refractivity contribution in [3.63, 3.8) is 0 Å². The first-order valence-corrected chi connectivity index (χ1v) is 8.12. The molecule has 1 saturated carbocycles. The van der Waals surface area contributed by atoms with Crippen LogP contribution in [-0.2, 0) is 0 Å². The molecule has 0 atom stereocenters. The summed E-state index contributed by atoms with van der Waals surface area (Å²) in [6, 6.07) is 8.77. The number of aromatic nitrogens is 1. The maximum atomic E-state index is 6.04. The number of nitrogens with zero attached hydrogens (tertiary/aromatic N) is 2. The molecule has 0 unspecified atom stereocenters. The number of halogens is 1. The third kappa shape index (κ3) is 2.93. The molecule has 0 spiro atoms. The highest BCUT2D eigenvalue weighted by atomic mass is 35.5. The lowest BCUT2D eigenvalue weighted by Crippen LogP contribution is -2.35. The minimum Gasteiger partial charge on any atom is -0.497 e. The van der Waals surface area contributed by atoms with Crippen molar-refractivity contribution in [3.8, 4) is 5.75 Å². The van der Waals surface area contributed by atoms with Gasteiger partial charge < -0.3 is 9.64 Å². The van der Waals surface area contributed by atoms with Gasteiger partial charge in [-0.2, -0.15) is 0 Å². The van der Waals surface area contributed by atoms with Crippen LogP contribution in [0.5, 0.6) is 5.75 Å². The molecule has 3 nitrogen and oxygen atoms in total. The van der Waals surface area contributed by atoms with Gasteiger partial charge in [0.25, 0.3) is 0 Å². The third-order valence-corrected chi connectivity index (χ3v) is 4.48. The predicted molar refractivity (Wildman–Crippen MR) is 88.6 cm³/mol. The molecule has 0 N–H and O–H groups in total. The Hall–Kier alpha value is -1.48. The van der Waals surface area contributed by atoms with E-state index in [0.717, 1.165) is 23.5 Å². The Labute approximate surface area is 130 Å². The molecule has 21 heavy (non-hydrogen) atoms. The van der Waals surface area contributed by atoms with E-state index in [1.807, 2.05) is 18.3 Å². The van der Waals surface area contributed by atoms with Gasteiger partial charge in [-0.3, -0.25) is 0 Å². The Kier molecular flexibility index (Phi) is 4.49. The third-order valence-electron chi connectivity index (χ3n) is 4.32. The molecular weight excluding hydrogens is 284 g/mol. The zero-order valence-electron chi connectivity index (χ0n) is 12.4. The lowest BCUT2D eigenvalue weighted by atomic mass is 10.1. The molecule has 0 bridgehead atoms. The smallest absolute Gasteiger partial charge is 0.136 e. The van der Waals surface area contributed by atoms with Crippen LogP contribution in [0.15, 0.2) is 30.5 Å². The molecule has 112 valence electrons. The molecule has 1 fully saturated rings. The van der Waals surface area contributed by atoms with Crippen molar-refractivity contribution in [3.05, 3.63) is 30.5 Å². The van der Waals surface area contributed by atoms with Crippen LogP contribution in [0.2, 0.25) is 0 Å². The first-order valence-electron chi connectivity index (χ1n) is 7.59. The first-order chi connectivity index (χ1) is 10.3. The fourth-order valence-electron chi connectivity index (χ4n) is 3.26. The van der Waals surface area contributed by atoms with Crippen LogP contribution in [0.3, 0.4) is 0 Å². The summed E-state index contributed by atoms with van der Waals surface area (Å²) in [5, 5.41) is 2.34. The molecular formula is C17H21ClN2O. The Morgan fingerprint density at radius 3 is 2.81 bits per heavy atom. The number of ether oxygens (including phenoxy) is 1. The molecule has 2 aromatic rings. The number of fused-ring (bicyclic) bond motifs is 1. The lowest BCUT2D eigenvalue weighted by Gasteiger charge is -2.30. The maximum Gasteiger partial charge on any atom is 0.136 e. The van der Waals surface area contributed by atoms with Gasteiger partial charge in [-0.05, 0) is 36.4 Å². The van der Waals surface area contributed by atoms with Gasteiger partial charge >= 0.3 is 0 Å². The Morgan fingerprint density at radius 2 is 2.10 bits per heavy atom. The van der Waals surface area contributed by atoms with Crippen LogP contribution in [-0.4, -0.2) is 30.6 Å². The van der Waals surface area contributed by atoms with Crippen molar-refractivity contribution in [2.45, 2.75) is 31.7 Å². The van der Waals surface area contributed by atoms with Gasteiger partial charge in [0.15, 0.2) is 0 Å². The molecule has 1 aromatic carbocycles. The molecule has 0 radical (unpaired) electrons. The Morgan fingerprint density at radius 1 is 1.29 bits per heavy atom. The van der Waals surface area contributed by atoms with E-state index in [2.05, 4.69) is 22.0 Å². The van der Waals surface area contributed by atoms with E-state index in [9.17, 15) is 0 Å². The normalized spacial score (nSPS) is 15.5. The van der Waals surface area contributed by atoms with E-state index in [4.69, 9.17) is 16.3 Å². The standard InChI is InChI=1S/C17H21ClN2O/c1-21-15-7-6-13-8-10-19-17(16(13)12-15)20(11-9-18)14-4-2-3-5-14/h6-8,10,12,14H,2-5,9,11H2,1H3. The van der Waals surface area contributed by atoms with Gasteiger partial charge in [0.1, 0.15) is 11.6 Å². The van der Waals surface area contributed by atoms with Crippen molar-refractivity contribution < 1.29 is 4.74 Å².